The van der Waals surface area contributed by atoms with Crippen LogP contribution in [0.4, 0.5) is 13.2 Å². The van der Waals surface area contributed by atoms with Crippen LogP contribution in [0.1, 0.15) is 30.6 Å². The largest absolute Gasteiger partial charge is 0.872 e. The molecule has 1 aromatic heterocycles. The second kappa shape index (κ2) is 8.55. The molecular weight excluding hydrogens is 479 g/mol. The van der Waals surface area contributed by atoms with E-state index in [1.807, 2.05) is 0 Å². The van der Waals surface area contributed by atoms with Crippen molar-refractivity contribution in [1.29, 1.82) is 0 Å². The monoisotopic (exact) mass is 497 g/mol. The fourth-order valence-corrected chi connectivity index (χ4v) is 4.21. The van der Waals surface area contributed by atoms with E-state index < -0.39 is 28.9 Å². The number of quaternary nitrogens is 1. The van der Waals surface area contributed by atoms with Crippen molar-refractivity contribution >= 4 is 26.9 Å². The van der Waals surface area contributed by atoms with Gasteiger partial charge in [0.1, 0.15) is 17.9 Å². The van der Waals surface area contributed by atoms with Gasteiger partial charge in [0.2, 0.25) is 11.2 Å². The molecule has 0 saturated carbocycles. The lowest BCUT2D eigenvalue weighted by Gasteiger charge is -2.26. The number of nitrogens with one attached hydrogen (secondary N) is 1. The van der Waals surface area contributed by atoms with Crippen LogP contribution in [-0.4, -0.2) is 13.1 Å². The molecule has 1 aliphatic rings. The van der Waals surface area contributed by atoms with Crippen LogP contribution in [-0.2, 0) is 12.7 Å². The highest BCUT2D eigenvalue weighted by Gasteiger charge is 2.41. The normalized spacial score (nSPS) is 15.4. The van der Waals surface area contributed by atoms with E-state index in [0.717, 1.165) is 37.3 Å². The van der Waals surface area contributed by atoms with E-state index in [9.17, 15) is 23.1 Å². The Hall–Kier alpha value is -2.52. The lowest BCUT2D eigenvalue weighted by atomic mass is 10.1. The van der Waals surface area contributed by atoms with Crippen molar-refractivity contribution in [1.82, 2.24) is 0 Å². The summed E-state index contributed by atoms with van der Waals surface area (Å²) in [5, 5.41) is 12.4. The van der Waals surface area contributed by atoms with Crippen LogP contribution < -0.4 is 20.2 Å². The number of benzene rings is 2. The molecule has 3 aromatic rings. The average Bonchev–Trinajstić information content (AvgIpc) is 2.73. The van der Waals surface area contributed by atoms with Gasteiger partial charge in [-0.05, 0) is 53.4 Å². The minimum Gasteiger partial charge on any atom is -0.872 e. The number of alkyl halides is 3. The first-order chi connectivity index (χ1) is 14.8. The van der Waals surface area contributed by atoms with Gasteiger partial charge in [-0.2, -0.15) is 13.2 Å². The number of fused-ring (bicyclic) bond motifs is 1. The molecule has 31 heavy (non-hydrogen) atoms. The van der Waals surface area contributed by atoms with Gasteiger partial charge >= 0.3 is 6.18 Å². The molecule has 164 valence electrons. The van der Waals surface area contributed by atoms with Gasteiger partial charge in [-0.3, -0.25) is 4.79 Å². The standard InChI is InChI=1S/C22H19BrF3NO4/c23-15-6-2-3-7-17(15)30-20-18(29)13-8-9-16(28)14(12-27-10-4-1-5-11-27)19(13)31-21(20)22(24,25)26/h2-3,6-9,28H,1,4-5,10-12H2. The molecule has 1 fully saturated rings. The van der Waals surface area contributed by atoms with Crippen molar-refractivity contribution in [2.75, 3.05) is 13.1 Å². The number of likely N-dealkylation sites (tertiary alicyclic amines) is 1. The van der Waals surface area contributed by atoms with Crippen LogP contribution >= 0.6 is 15.9 Å². The lowest BCUT2D eigenvalue weighted by Crippen LogP contribution is -3.11. The number of para-hydroxylation sites is 1. The van der Waals surface area contributed by atoms with E-state index in [2.05, 4.69) is 15.9 Å². The Morgan fingerprint density at radius 1 is 1.10 bits per heavy atom. The summed E-state index contributed by atoms with van der Waals surface area (Å²) in [6.07, 6.45) is -1.93. The van der Waals surface area contributed by atoms with Gasteiger partial charge in [-0.15, -0.1) is 0 Å². The molecule has 0 radical (unpaired) electrons. The fourth-order valence-electron chi connectivity index (χ4n) is 3.84. The molecule has 4 rings (SSSR count). The zero-order chi connectivity index (χ0) is 22.2. The van der Waals surface area contributed by atoms with Crippen LogP contribution in [0.15, 0.2) is 50.1 Å². The summed E-state index contributed by atoms with van der Waals surface area (Å²) < 4.78 is 52.5. The molecule has 2 heterocycles. The van der Waals surface area contributed by atoms with Crippen molar-refractivity contribution < 1.29 is 32.3 Å². The molecule has 0 amide bonds. The smallest absolute Gasteiger partial charge is 0.453 e. The maximum atomic E-state index is 13.8. The SMILES string of the molecule is O=c1c(Oc2ccccc2Br)c(C(F)(F)F)oc2c(C[NH+]3CCCCC3)c([O-])ccc12. The topological polar surface area (TPSA) is 66.9 Å². The van der Waals surface area contributed by atoms with Crippen LogP contribution in [0.3, 0.4) is 0 Å². The van der Waals surface area contributed by atoms with Crippen molar-refractivity contribution in [3.63, 3.8) is 0 Å². The van der Waals surface area contributed by atoms with Crippen molar-refractivity contribution in [3.8, 4) is 17.2 Å². The summed E-state index contributed by atoms with van der Waals surface area (Å²) in [4.78, 5) is 14.1. The summed E-state index contributed by atoms with van der Waals surface area (Å²) in [6.45, 7) is 1.84. The third kappa shape index (κ3) is 4.43. The number of ether oxygens (including phenoxy) is 1. The van der Waals surface area contributed by atoms with E-state index in [1.165, 1.54) is 18.2 Å². The minimum atomic E-state index is -4.99. The predicted molar refractivity (Wildman–Crippen MR) is 109 cm³/mol. The highest BCUT2D eigenvalue weighted by atomic mass is 79.9. The van der Waals surface area contributed by atoms with Gasteiger partial charge in [0.25, 0.3) is 5.76 Å². The van der Waals surface area contributed by atoms with Crippen molar-refractivity contribution in [2.45, 2.75) is 32.0 Å². The molecule has 1 aliphatic heterocycles. The van der Waals surface area contributed by atoms with Gasteiger partial charge < -0.3 is 19.2 Å². The molecule has 5 nitrogen and oxygen atoms in total. The van der Waals surface area contributed by atoms with Crippen LogP contribution in [0.2, 0.25) is 0 Å². The zero-order valence-corrected chi connectivity index (χ0v) is 17.9. The Labute approximate surface area is 184 Å². The van der Waals surface area contributed by atoms with Gasteiger partial charge in [-0.1, -0.05) is 23.9 Å². The Morgan fingerprint density at radius 2 is 1.81 bits per heavy atom. The molecule has 0 bridgehead atoms. The Kier molecular flexibility index (Phi) is 5.98. The highest BCUT2D eigenvalue weighted by molar-refractivity contribution is 9.10. The quantitative estimate of drug-likeness (QED) is 0.591. The van der Waals surface area contributed by atoms with Gasteiger partial charge in [0.15, 0.2) is 0 Å². The minimum absolute atomic E-state index is 0.0399. The van der Waals surface area contributed by atoms with Gasteiger partial charge in [0, 0.05) is 5.56 Å². The van der Waals surface area contributed by atoms with Crippen molar-refractivity contribution in [2.24, 2.45) is 0 Å². The van der Waals surface area contributed by atoms with E-state index >= 15 is 0 Å². The summed E-state index contributed by atoms with van der Waals surface area (Å²) in [5.41, 5.74) is -1.20. The highest BCUT2D eigenvalue weighted by Crippen LogP contribution is 2.40. The third-order valence-corrected chi connectivity index (χ3v) is 6.03. The molecule has 0 atom stereocenters. The molecule has 0 spiro atoms. The number of halogens is 4. The average molecular weight is 498 g/mol. The maximum absolute atomic E-state index is 13.8. The zero-order valence-electron chi connectivity index (χ0n) is 16.4. The van der Waals surface area contributed by atoms with Crippen LogP contribution in [0.25, 0.3) is 11.0 Å². The molecule has 2 aromatic carbocycles. The third-order valence-electron chi connectivity index (χ3n) is 5.37. The van der Waals surface area contributed by atoms with Crippen LogP contribution in [0.5, 0.6) is 17.2 Å². The van der Waals surface area contributed by atoms with Crippen molar-refractivity contribution in [3.05, 3.63) is 62.4 Å². The second-order valence-corrected chi connectivity index (χ2v) is 8.38. The fraction of sp³-hybridized carbons (Fsp3) is 0.318. The van der Waals surface area contributed by atoms with Crippen LogP contribution in [0, 0.1) is 0 Å². The first-order valence-corrected chi connectivity index (χ1v) is 10.7. The first kappa shape index (κ1) is 21.7. The molecule has 0 unspecified atom stereocenters. The summed E-state index contributed by atoms with van der Waals surface area (Å²) in [5.74, 6) is -2.91. The summed E-state index contributed by atoms with van der Waals surface area (Å²) in [7, 11) is 0. The van der Waals surface area contributed by atoms with Gasteiger partial charge in [0.05, 0.1) is 22.9 Å². The predicted octanol–water partition coefficient (Wildman–Crippen LogP) is 4.01. The van der Waals surface area contributed by atoms with E-state index in [4.69, 9.17) is 9.15 Å². The number of hydrogen-bond acceptors (Lipinski definition) is 4. The Balaban J connectivity index is 1.89. The van der Waals surface area contributed by atoms with E-state index in [0.29, 0.717) is 4.47 Å². The first-order valence-electron chi connectivity index (χ1n) is 9.88. The molecule has 1 N–H and O–H groups in total. The second-order valence-electron chi connectivity index (χ2n) is 7.53. The molecular formula is C22H19BrF3NO4. The summed E-state index contributed by atoms with van der Waals surface area (Å²) >= 11 is 3.20. The summed E-state index contributed by atoms with van der Waals surface area (Å²) in [6, 6.07) is 8.64. The molecule has 9 heteroatoms. The Morgan fingerprint density at radius 3 is 2.48 bits per heavy atom. The van der Waals surface area contributed by atoms with E-state index in [1.54, 1.807) is 18.2 Å². The number of rotatable bonds is 4. The number of hydrogen-bond donors (Lipinski definition) is 1. The Bertz CT molecular complexity index is 1170. The lowest BCUT2D eigenvalue weighted by molar-refractivity contribution is -0.918. The maximum Gasteiger partial charge on any atom is 0.453 e. The number of piperidine rings is 1. The molecule has 1 saturated heterocycles. The van der Waals surface area contributed by atoms with Gasteiger partial charge in [-0.25, -0.2) is 0 Å². The van der Waals surface area contributed by atoms with E-state index in [-0.39, 0.29) is 28.8 Å². The molecule has 0 aliphatic carbocycles.